The number of hydrogen-bond acceptors (Lipinski definition) is 2. The highest BCUT2D eigenvalue weighted by atomic mass is 16.6. The zero-order valence-electron chi connectivity index (χ0n) is 12.2. The Labute approximate surface area is 116 Å². The number of benzene rings is 1. The summed E-state index contributed by atoms with van der Waals surface area (Å²) in [7, 11) is 0. The molecule has 0 radical (unpaired) electrons. The summed E-state index contributed by atoms with van der Waals surface area (Å²) < 4.78 is 5.77. The molecule has 2 nitrogen and oxygen atoms in total. The highest BCUT2D eigenvalue weighted by Gasteiger charge is 2.35. The molecule has 1 fully saturated rings. The lowest BCUT2D eigenvalue weighted by Crippen LogP contribution is -2.35. The average molecular weight is 260 g/mol. The van der Waals surface area contributed by atoms with Crippen molar-refractivity contribution in [3.63, 3.8) is 0 Å². The van der Waals surface area contributed by atoms with Crippen molar-refractivity contribution in [3.05, 3.63) is 35.4 Å². The van der Waals surface area contributed by atoms with E-state index in [2.05, 4.69) is 6.92 Å². The fourth-order valence-corrected chi connectivity index (χ4v) is 2.92. The molecule has 2 heteroatoms. The lowest BCUT2D eigenvalue weighted by atomic mass is 9.89. The molecule has 1 aromatic rings. The number of aryl methyl sites for hydroxylation is 1. The standard InChI is InChI=1S/C17H24O2/c1-4-13-8-7-9-14(12-13)16(18)19-17(2,3)15-10-5-6-11-15/h7-9,12,15H,4-6,10-11H2,1-3H3. The molecule has 19 heavy (non-hydrogen) atoms. The summed E-state index contributed by atoms with van der Waals surface area (Å²) in [5.41, 5.74) is 1.49. The maximum atomic E-state index is 12.3. The van der Waals surface area contributed by atoms with Crippen molar-refractivity contribution in [3.8, 4) is 0 Å². The van der Waals surface area contributed by atoms with Gasteiger partial charge in [0.1, 0.15) is 5.60 Å². The average Bonchev–Trinajstić information content (AvgIpc) is 2.93. The summed E-state index contributed by atoms with van der Waals surface area (Å²) in [6, 6.07) is 7.75. The number of carbonyl (C=O) groups excluding carboxylic acids is 1. The molecule has 0 N–H and O–H groups in total. The van der Waals surface area contributed by atoms with E-state index in [1.54, 1.807) is 0 Å². The van der Waals surface area contributed by atoms with Crippen LogP contribution in [0.5, 0.6) is 0 Å². The van der Waals surface area contributed by atoms with Gasteiger partial charge in [0.05, 0.1) is 5.56 Å². The second-order valence-corrected chi connectivity index (χ2v) is 6.03. The smallest absolute Gasteiger partial charge is 0.338 e. The molecule has 0 aromatic heterocycles. The highest BCUT2D eigenvalue weighted by molar-refractivity contribution is 5.89. The third-order valence-electron chi connectivity index (χ3n) is 4.27. The van der Waals surface area contributed by atoms with Crippen molar-refractivity contribution in [1.29, 1.82) is 0 Å². The van der Waals surface area contributed by atoms with E-state index < -0.39 is 0 Å². The largest absolute Gasteiger partial charge is 0.456 e. The van der Waals surface area contributed by atoms with E-state index in [1.165, 1.54) is 31.2 Å². The molecule has 0 unspecified atom stereocenters. The molecular weight excluding hydrogens is 236 g/mol. The highest BCUT2D eigenvalue weighted by Crippen LogP contribution is 2.36. The lowest BCUT2D eigenvalue weighted by molar-refractivity contribution is -0.0285. The van der Waals surface area contributed by atoms with Crippen LogP contribution in [0.15, 0.2) is 24.3 Å². The molecule has 0 heterocycles. The molecule has 104 valence electrons. The molecule has 2 rings (SSSR count). The van der Waals surface area contributed by atoms with Crippen molar-refractivity contribution in [2.45, 2.75) is 58.5 Å². The monoisotopic (exact) mass is 260 g/mol. The van der Waals surface area contributed by atoms with Gasteiger partial charge in [-0.2, -0.15) is 0 Å². The summed E-state index contributed by atoms with van der Waals surface area (Å²) in [6.45, 7) is 6.18. The predicted octanol–water partition coefficient (Wildman–Crippen LogP) is 4.37. The molecule has 0 spiro atoms. The van der Waals surface area contributed by atoms with Crippen molar-refractivity contribution in [1.82, 2.24) is 0 Å². The molecule has 0 amide bonds. The molecule has 0 aliphatic heterocycles. The summed E-state index contributed by atoms with van der Waals surface area (Å²) >= 11 is 0. The Morgan fingerprint density at radius 2 is 2.00 bits per heavy atom. The number of hydrogen-bond donors (Lipinski definition) is 0. The molecular formula is C17H24O2. The van der Waals surface area contributed by atoms with Gasteiger partial charge in [-0.15, -0.1) is 0 Å². The van der Waals surface area contributed by atoms with E-state index in [9.17, 15) is 4.79 Å². The minimum absolute atomic E-state index is 0.188. The Balaban J connectivity index is 2.07. The van der Waals surface area contributed by atoms with Gasteiger partial charge in [0.25, 0.3) is 0 Å². The number of carbonyl (C=O) groups is 1. The first kappa shape index (κ1) is 14.1. The van der Waals surface area contributed by atoms with E-state index in [1.807, 2.05) is 38.1 Å². The fourth-order valence-electron chi connectivity index (χ4n) is 2.92. The van der Waals surface area contributed by atoms with Crippen molar-refractivity contribution >= 4 is 5.97 Å². The van der Waals surface area contributed by atoms with Crippen LogP contribution in [0.3, 0.4) is 0 Å². The van der Waals surface area contributed by atoms with Gasteiger partial charge < -0.3 is 4.74 Å². The van der Waals surface area contributed by atoms with Crippen LogP contribution in [0, 0.1) is 5.92 Å². The van der Waals surface area contributed by atoms with Gasteiger partial charge in [0.15, 0.2) is 0 Å². The van der Waals surface area contributed by atoms with Gasteiger partial charge >= 0.3 is 5.97 Å². The van der Waals surface area contributed by atoms with E-state index in [-0.39, 0.29) is 11.6 Å². The van der Waals surface area contributed by atoms with Crippen LogP contribution in [0.4, 0.5) is 0 Å². The molecule has 1 saturated carbocycles. The molecule has 0 saturated heterocycles. The van der Waals surface area contributed by atoms with E-state index in [4.69, 9.17) is 4.74 Å². The third-order valence-corrected chi connectivity index (χ3v) is 4.27. The topological polar surface area (TPSA) is 26.3 Å². The maximum Gasteiger partial charge on any atom is 0.338 e. The first-order chi connectivity index (χ1) is 9.03. The van der Waals surface area contributed by atoms with Gasteiger partial charge in [0, 0.05) is 0 Å². The van der Waals surface area contributed by atoms with Crippen LogP contribution in [0.2, 0.25) is 0 Å². The first-order valence-electron chi connectivity index (χ1n) is 7.35. The van der Waals surface area contributed by atoms with Crippen LogP contribution in [-0.2, 0) is 11.2 Å². The number of rotatable bonds is 4. The molecule has 1 aromatic carbocycles. The van der Waals surface area contributed by atoms with Gasteiger partial charge in [-0.25, -0.2) is 4.79 Å². The van der Waals surface area contributed by atoms with Crippen LogP contribution >= 0.6 is 0 Å². The maximum absolute atomic E-state index is 12.3. The zero-order valence-corrected chi connectivity index (χ0v) is 12.2. The second kappa shape index (κ2) is 5.77. The Morgan fingerprint density at radius 3 is 2.63 bits per heavy atom. The van der Waals surface area contributed by atoms with Crippen LogP contribution < -0.4 is 0 Å². The van der Waals surface area contributed by atoms with Crippen molar-refractivity contribution in [2.24, 2.45) is 5.92 Å². The molecule has 1 aliphatic rings. The number of esters is 1. The van der Waals surface area contributed by atoms with E-state index in [0.29, 0.717) is 11.5 Å². The summed E-state index contributed by atoms with van der Waals surface area (Å²) in [6.07, 6.45) is 5.81. The number of ether oxygens (including phenoxy) is 1. The van der Waals surface area contributed by atoms with Crippen LogP contribution in [0.1, 0.15) is 62.4 Å². The molecule has 0 bridgehead atoms. The van der Waals surface area contributed by atoms with Gasteiger partial charge in [-0.05, 0) is 56.7 Å². The van der Waals surface area contributed by atoms with Gasteiger partial charge in [-0.1, -0.05) is 31.9 Å². The van der Waals surface area contributed by atoms with Crippen molar-refractivity contribution < 1.29 is 9.53 Å². The van der Waals surface area contributed by atoms with Crippen LogP contribution in [0.25, 0.3) is 0 Å². The Hall–Kier alpha value is -1.31. The van der Waals surface area contributed by atoms with Gasteiger partial charge in [0.2, 0.25) is 0 Å². The predicted molar refractivity (Wildman–Crippen MR) is 77.3 cm³/mol. The second-order valence-electron chi connectivity index (χ2n) is 6.03. The van der Waals surface area contributed by atoms with Gasteiger partial charge in [-0.3, -0.25) is 0 Å². The van der Waals surface area contributed by atoms with E-state index >= 15 is 0 Å². The summed E-state index contributed by atoms with van der Waals surface area (Å²) in [5.74, 6) is 0.318. The molecule has 1 aliphatic carbocycles. The lowest BCUT2D eigenvalue weighted by Gasteiger charge is -2.31. The van der Waals surface area contributed by atoms with E-state index in [0.717, 1.165) is 6.42 Å². The Kier molecular flexibility index (Phi) is 4.28. The zero-order chi connectivity index (χ0) is 13.9. The Morgan fingerprint density at radius 1 is 1.32 bits per heavy atom. The minimum atomic E-state index is -0.351. The molecule has 0 atom stereocenters. The Bertz CT molecular complexity index is 442. The quantitative estimate of drug-likeness (QED) is 0.751. The normalized spacial score (nSPS) is 16.6. The SMILES string of the molecule is CCc1cccc(C(=O)OC(C)(C)C2CCCC2)c1. The van der Waals surface area contributed by atoms with Crippen molar-refractivity contribution in [2.75, 3.05) is 0 Å². The minimum Gasteiger partial charge on any atom is -0.456 e. The first-order valence-corrected chi connectivity index (χ1v) is 7.35. The van der Waals surface area contributed by atoms with Crippen LogP contribution in [-0.4, -0.2) is 11.6 Å². The summed E-state index contributed by atoms with van der Waals surface area (Å²) in [5, 5.41) is 0. The summed E-state index contributed by atoms with van der Waals surface area (Å²) in [4.78, 5) is 12.3. The third kappa shape index (κ3) is 3.37. The fraction of sp³-hybridized carbons (Fsp3) is 0.588.